The monoisotopic (exact) mass is 401 g/mol. The lowest BCUT2D eigenvalue weighted by Crippen LogP contribution is -2.24. The lowest BCUT2D eigenvalue weighted by Gasteiger charge is -2.22. The van der Waals surface area contributed by atoms with E-state index in [1.54, 1.807) is 24.0 Å². The Hall–Kier alpha value is -3.32. The first kappa shape index (κ1) is 18.7. The smallest absolute Gasteiger partial charge is 0.264 e. The van der Waals surface area contributed by atoms with Crippen LogP contribution in [0.15, 0.2) is 59.7 Å². The summed E-state index contributed by atoms with van der Waals surface area (Å²) < 4.78 is 9.00. The van der Waals surface area contributed by atoms with Crippen LogP contribution in [-0.4, -0.2) is 37.5 Å². The number of aromatic nitrogens is 5. The van der Waals surface area contributed by atoms with Gasteiger partial charge in [0, 0.05) is 38.4 Å². The Balaban J connectivity index is 1.48. The van der Waals surface area contributed by atoms with Gasteiger partial charge in [-0.1, -0.05) is 30.3 Å². The number of rotatable bonds is 4. The zero-order chi connectivity index (χ0) is 20.5. The van der Waals surface area contributed by atoms with Crippen LogP contribution in [0.4, 0.5) is 0 Å². The van der Waals surface area contributed by atoms with E-state index < -0.39 is 0 Å². The van der Waals surface area contributed by atoms with Crippen LogP contribution in [-0.2, 0) is 18.2 Å². The molecule has 30 heavy (non-hydrogen) atoms. The van der Waals surface area contributed by atoms with Gasteiger partial charge in [0.1, 0.15) is 11.2 Å². The molecule has 0 bridgehead atoms. The Bertz CT molecular complexity index is 1220. The molecule has 1 saturated heterocycles. The van der Waals surface area contributed by atoms with Gasteiger partial charge in [-0.2, -0.15) is 5.10 Å². The van der Waals surface area contributed by atoms with Crippen molar-refractivity contribution in [1.82, 2.24) is 24.3 Å². The second-order valence-corrected chi connectivity index (χ2v) is 7.65. The van der Waals surface area contributed by atoms with Crippen molar-refractivity contribution in [1.29, 1.82) is 0 Å². The minimum atomic E-state index is -0.0570. The summed E-state index contributed by atoms with van der Waals surface area (Å²) in [4.78, 5) is 22.2. The van der Waals surface area contributed by atoms with E-state index in [1.807, 2.05) is 22.9 Å². The first-order chi connectivity index (χ1) is 14.7. The summed E-state index contributed by atoms with van der Waals surface area (Å²) in [5.74, 6) is 0.729. The fourth-order valence-electron chi connectivity index (χ4n) is 3.98. The van der Waals surface area contributed by atoms with Crippen LogP contribution in [0.2, 0.25) is 0 Å². The molecule has 7 heteroatoms. The minimum Gasteiger partial charge on any atom is -0.381 e. The second kappa shape index (κ2) is 7.84. The van der Waals surface area contributed by atoms with E-state index in [0.717, 1.165) is 35.5 Å². The highest BCUT2D eigenvalue weighted by Crippen LogP contribution is 2.24. The van der Waals surface area contributed by atoms with Crippen LogP contribution in [0.25, 0.3) is 22.3 Å². The molecule has 1 fully saturated rings. The normalized spacial score (nSPS) is 15.0. The number of fused-ring (bicyclic) bond motifs is 1. The third-order valence-electron chi connectivity index (χ3n) is 5.74. The van der Waals surface area contributed by atoms with Gasteiger partial charge in [0.25, 0.3) is 5.56 Å². The Kier molecular flexibility index (Phi) is 4.88. The molecule has 1 aliphatic heterocycles. The quantitative estimate of drug-likeness (QED) is 0.525. The third-order valence-corrected chi connectivity index (χ3v) is 5.74. The molecule has 5 rings (SSSR count). The molecule has 1 aliphatic rings. The molecule has 0 unspecified atom stereocenters. The topological polar surface area (TPSA) is 74.8 Å². The predicted octanol–water partition coefficient (Wildman–Crippen LogP) is 3.13. The summed E-state index contributed by atoms with van der Waals surface area (Å²) in [6.07, 6.45) is 5.78. The summed E-state index contributed by atoms with van der Waals surface area (Å²) in [5.41, 5.74) is 3.71. The Morgan fingerprint density at radius 1 is 1.10 bits per heavy atom. The number of hydrogen-bond acceptors (Lipinski definition) is 5. The van der Waals surface area contributed by atoms with Gasteiger partial charge in [-0.25, -0.2) is 9.67 Å². The van der Waals surface area contributed by atoms with E-state index in [9.17, 15) is 4.79 Å². The van der Waals surface area contributed by atoms with Gasteiger partial charge in [0.15, 0.2) is 5.65 Å². The molecule has 4 heterocycles. The van der Waals surface area contributed by atoms with Crippen molar-refractivity contribution in [2.24, 2.45) is 7.05 Å². The second-order valence-electron chi connectivity index (χ2n) is 7.65. The standard InChI is InChI=1S/C23H23N5O2/c1-27-21(14-16-5-7-17(8-6-16)20-4-2-3-11-24-20)26-22-19(23(27)29)15-25-28(22)18-9-12-30-13-10-18/h2-8,11,15,18H,9-10,12-14H2,1H3. The fourth-order valence-corrected chi connectivity index (χ4v) is 3.98. The van der Waals surface area contributed by atoms with Crippen molar-refractivity contribution < 1.29 is 4.74 Å². The summed E-state index contributed by atoms with van der Waals surface area (Å²) in [6.45, 7) is 1.43. The number of pyridine rings is 1. The van der Waals surface area contributed by atoms with Crippen LogP contribution >= 0.6 is 0 Å². The van der Waals surface area contributed by atoms with Crippen LogP contribution in [0.5, 0.6) is 0 Å². The molecule has 3 aromatic heterocycles. The SMILES string of the molecule is Cn1c(Cc2ccc(-c3ccccn3)cc2)nc2c(cnn2C2CCOCC2)c1=O. The average molecular weight is 401 g/mol. The first-order valence-electron chi connectivity index (χ1n) is 10.2. The van der Waals surface area contributed by atoms with Gasteiger partial charge < -0.3 is 4.74 Å². The van der Waals surface area contributed by atoms with E-state index in [4.69, 9.17) is 9.72 Å². The molecule has 0 radical (unpaired) electrons. The number of ether oxygens (including phenoxy) is 1. The van der Waals surface area contributed by atoms with E-state index in [0.29, 0.717) is 30.7 Å². The maximum atomic E-state index is 12.9. The van der Waals surface area contributed by atoms with E-state index in [-0.39, 0.29) is 11.6 Å². The Morgan fingerprint density at radius 3 is 2.63 bits per heavy atom. The molecule has 0 N–H and O–H groups in total. The summed E-state index contributed by atoms with van der Waals surface area (Å²) >= 11 is 0. The van der Waals surface area contributed by atoms with Gasteiger partial charge in [-0.3, -0.25) is 14.3 Å². The van der Waals surface area contributed by atoms with E-state index in [1.165, 1.54) is 0 Å². The van der Waals surface area contributed by atoms with Crippen molar-refractivity contribution in [2.75, 3.05) is 13.2 Å². The Morgan fingerprint density at radius 2 is 1.90 bits per heavy atom. The first-order valence-corrected chi connectivity index (χ1v) is 10.2. The molecule has 4 aromatic rings. The third kappa shape index (κ3) is 3.41. The molecule has 0 amide bonds. The van der Waals surface area contributed by atoms with Crippen molar-refractivity contribution in [3.8, 4) is 11.3 Å². The van der Waals surface area contributed by atoms with Gasteiger partial charge in [-0.15, -0.1) is 0 Å². The van der Waals surface area contributed by atoms with Gasteiger partial charge >= 0.3 is 0 Å². The van der Waals surface area contributed by atoms with Crippen molar-refractivity contribution in [3.63, 3.8) is 0 Å². The number of hydrogen-bond donors (Lipinski definition) is 0. The molecule has 152 valence electrons. The molecule has 0 spiro atoms. The summed E-state index contributed by atoms with van der Waals surface area (Å²) in [5, 5.41) is 5.06. The highest BCUT2D eigenvalue weighted by atomic mass is 16.5. The summed E-state index contributed by atoms with van der Waals surface area (Å²) in [6, 6.07) is 14.3. The summed E-state index contributed by atoms with van der Waals surface area (Å²) in [7, 11) is 1.78. The lowest BCUT2D eigenvalue weighted by atomic mass is 10.1. The zero-order valence-corrected chi connectivity index (χ0v) is 16.9. The van der Waals surface area contributed by atoms with Crippen LogP contribution in [0.1, 0.15) is 30.3 Å². The van der Waals surface area contributed by atoms with E-state index >= 15 is 0 Å². The van der Waals surface area contributed by atoms with Crippen LogP contribution < -0.4 is 5.56 Å². The highest BCUT2D eigenvalue weighted by Gasteiger charge is 2.21. The van der Waals surface area contributed by atoms with Gasteiger partial charge in [0.2, 0.25) is 0 Å². The molecule has 1 aromatic carbocycles. The predicted molar refractivity (Wildman–Crippen MR) is 114 cm³/mol. The Labute approximate surface area is 174 Å². The largest absolute Gasteiger partial charge is 0.381 e. The van der Waals surface area contributed by atoms with Crippen LogP contribution in [0, 0.1) is 0 Å². The number of benzene rings is 1. The van der Waals surface area contributed by atoms with E-state index in [2.05, 4.69) is 34.3 Å². The average Bonchev–Trinajstić information content (AvgIpc) is 3.23. The maximum Gasteiger partial charge on any atom is 0.264 e. The molecule has 0 aliphatic carbocycles. The molecule has 7 nitrogen and oxygen atoms in total. The van der Waals surface area contributed by atoms with Crippen molar-refractivity contribution >= 4 is 11.0 Å². The van der Waals surface area contributed by atoms with Crippen molar-refractivity contribution in [3.05, 3.63) is 76.6 Å². The molecular weight excluding hydrogens is 378 g/mol. The lowest BCUT2D eigenvalue weighted by molar-refractivity contribution is 0.0673. The molecular formula is C23H23N5O2. The fraction of sp³-hybridized carbons (Fsp3) is 0.304. The van der Waals surface area contributed by atoms with Gasteiger partial charge in [0.05, 0.1) is 17.9 Å². The zero-order valence-electron chi connectivity index (χ0n) is 16.9. The molecule has 0 atom stereocenters. The molecule has 0 saturated carbocycles. The maximum absolute atomic E-state index is 12.9. The van der Waals surface area contributed by atoms with Crippen LogP contribution in [0.3, 0.4) is 0 Å². The van der Waals surface area contributed by atoms with Crippen molar-refractivity contribution in [2.45, 2.75) is 25.3 Å². The number of nitrogens with zero attached hydrogens (tertiary/aromatic N) is 5. The minimum absolute atomic E-state index is 0.0570. The highest BCUT2D eigenvalue weighted by molar-refractivity contribution is 5.73. The van der Waals surface area contributed by atoms with Gasteiger partial charge in [-0.05, 0) is 30.5 Å².